The van der Waals surface area contributed by atoms with Gasteiger partial charge >= 0.3 is 5.97 Å². The van der Waals surface area contributed by atoms with E-state index < -0.39 is 5.97 Å². The normalized spacial score (nSPS) is 15.3. The Balaban J connectivity index is 1.63. The molecule has 0 radical (unpaired) electrons. The van der Waals surface area contributed by atoms with Gasteiger partial charge in [-0.1, -0.05) is 11.3 Å². The average Bonchev–Trinajstić information content (AvgIpc) is 2.98. The molecule has 0 atom stereocenters. The lowest BCUT2D eigenvalue weighted by Gasteiger charge is -2.38. The number of likely N-dealkylation sites (tertiary alicyclic amines) is 1. The van der Waals surface area contributed by atoms with Crippen LogP contribution in [0.4, 0.5) is 0 Å². The zero-order valence-electron chi connectivity index (χ0n) is 9.76. The summed E-state index contributed by atoms with van der Waals surface area (Å²) >= 11 is 1.41. The van der Waals surface area contributed by atoms with Crippen LogP contribution in [0.1, 0.15) is 26.2 Å². The molecule has 0 unspecified atom stereocenters. The standard InChI is InChI=1S/C11H10N4O3S/c16-10(9-2-1-3-19-9)14-4-7(5-14)15-6-8(11(17)18)12-13-15/h1-3,6-7H,4-5H2,(H,17,18). The van der Waals surface area contributed by atoms with Crippen molar-refractivity contribution in [1.29, 1.82) is 0 Å². The molecule has 2 aromatic rings. The highest BCUT2D eigenvalue weighted by Crippen LogP contribution is 2.24. The van der Waals surface area contributed by atoms with E-state index in [-0.39, 0.29) is 17.6 Å². The lowest BCUT2D eigenvalue weighted by molar-refractivity contribution is 0.0502. The van der Waals surface area contributed by atoms with Gasteiger partial charge in [-0.15, -0.1) is 16.4 Å². The van der Waals surface area contributed by atoms with Crippen molar-refractivity contribution < 1.29 is 14.7 Å². The third kappa shape index (κ3) is 2.10. The number of aromatic carboxylic acids is 1. The number of thiophene rings is 1. The van der Waals surface area contributed by atoms with Gasteiger partial charge in [0.2, 0.25) is 0 Å². The maximum absolute atomic E-state index is 12.0. The van der Waals surface area contributed by atoms with E-state index in [2.05, 4.69) is 10.3 Å². The number of hydrogen-bond acceptors (Lipinski definition) is 5. The van der Waals surface area contributed by atoms with Crippen molar-refractivity contribution in [2.45, 2.75) is 6.04 Å². The second kappa shape index (κ2) is 4.47. The molecule has 7 nitrogen and oxygen atoms in total. The highest BCUT2D eigenvalue weighted by Gasteiger charge is 2.33. The van der Waals surface area contributed by atoms with Crippen LogP contribution < -0.4 is 0 Å². The van der Waals surface area contributed by atoms with Crippen molar-refractivity contribution in [2.24, 2.45) is 0 Å². The Hall–Kier alpha value is -2.22. The van der Waals surface area contributed by atoms with Gasteiger partial charge in [-0.3, -0.25) is 4.79 Å². The Labute approximate surface area is 112 Å². The van der Waals surface area contributed by atoms with Crippen molar-refractivity contribution in [1.82, 2.24) is 19.9 Å². The predicted octanol–water partition coefficient (Wildman–Crippen LogP) is 0.735. The van der Waals surface area contributed by atoms with Crippen LogP contribution >= 0.6 is 11.3 Å². The quantitative estimate of drug-likeness (QED) is 0.894. The fourth-order valence-corrected chi connectivity index (χ4v) is 2.59. The molecule has 0 saturated carbocycles. The Bertz CT molecular complexity index is 616. The van der Waals surface area contributed by atoms with Crippen LogP contribution in [0.25, 0.3) is 0 Å². The van der Waals surface area contributed by atoms with E-state index in [1.165, 1.54) is 22.2 Å². The molecule has 19 heavy (non-hydrogen) atoms. The highest BCUT2D eigenvalue weighted by molar-refractivity contribution is 7.12. The molecule has 1 amide bonds. The molecule has 1 saturated heterocycles. The number of carboxylic acids is 1. The Morgan fingerprint density at radius 2 is 2.21 bits per heavy atom. The van der Waals surface area contributed by atoms with Gasteiger partial charge in [0.05, 0.1) is 17.1 Å². The van der Waals surface area contributed by atoms with Gasteiger partial charge in [-0.05, 0) is 11.4 Å². The van der Waals surface area contributed by atoms with Crippen LogP contribution in [-0.2, 0) is 0 Å². The molecule has 0 spiro atoms. The molecule has 0 aromatic carbocycles. The smallest absolute Gasteiger partial charge is 0.358 e. The van der Waals surface area contributed by atoms with Gasteiger partial charge in [0.15, 0.2) is 5.69 Å². The average molecular weight is 278 g/mol. The van der Waals surface area contributed by atoms with Crippen molar-refractivity contribution in [3.63, 3.8) is 0 Å². The fraction of sp³-hybridized carbons (Fsp3) is 0.273. The van der Waals surface area contributed by atoms with E-state index in [0.29, 0.717) is 18.0 Å². The summed E-state index contributed by atoms with van der Waals surface area (Å²) in [6, 6.07) is 3.63. The first-order valence-electron chi connectivity index (χ1n) is 5.63. The third-order valence-electron chi connectivity index (χ3n) is 2.98. The van der Waals surface area contributed by atoms with Crippen LogP contribution in [0.15, 0.2) is 23.7 Å². The summed E-state index contributed by atoms with van der Waals surface area (Å²) < 4.78 is 1.50. The SMILES string of the molecule is O=C(O)c1cn(C2CN(C(=O)c3cccs3)C2)nn1. The second-order valence-electron chi connectivity index (χ2n) is 4.23. The van der Waals surface area contributed by atoms with Crippen molar-refractivity contribution in [2.75, 3.05) is 13.1 Å². The maximum Gasteiger partial charge on any atom is 0.358 e. The zero-order valence-corrected chi connectivity index (χ0v) is 10.6. The lowest BCUT2D eigenvalue weighted by Crippen LogP contribution is -2.50. The van der Waals surface area contributed by atoms with E-state index in [0.717, 1.165) is 0 Å². The van der Waals surface area contributed by atoms with Crippen molar-refractivity contribution in [3.8, 4) is 0 Å². The molecule has 8 heteroatoms. The largest absolute Gasteiger partial charge is 0.476 e. The summed E-state index contributed by atoms with van der Waals surface area (Å²) in [5, 5.41) is 17.9. The van der Waals surface area contributed by atoms with Crippen LogP contribution in [0, 0.1) is 0 Å². The molecule has 2 aromatic heterocycles. The van der Waals surface area contributed by atoms with Gasteiger partial charge in [0.25, 0.3) is 5.91 Å². The van der Waals surface area contributed by atoms with Gasteiger partial charge in [0.1, 0.15) is 0 Å². The van der Waals surface area contributed by atoms with Crippen LogP contribution in [-0.4, -0.2) is 50.0 Å². The van der Waals surface area contributed by atoms with E-state index in [1.54, 1.807) is 11.0 Å². The van der Waals surface area contributed by atoms with Crippen molar-refractivity contribution in [3.05, 3.63) is 34.3 Å². The molecule has 1 aliphatic heterocycles. The molecular weight excluding hydrogens is 268 g/mol. The number of carboxylic acid groups (broad SMARTS) is 1. The molecule has 0 bridgehead atoms. The number of carbonyl (C=O) groups excluding carboxylic acids is 1. The van der Waals surface area contributed by atoms with Gasteiger partial charge in [0, 0.05) is 13.1 Å². The molecule has 3 heterocycles. The van der Waals surface area contributed by atoms with Gasteiger partial charge in [-0.2, -0.15) is 0 Å². The summed E-state index contributed by atoms with van der Waals surface area (Å²) in [6.45, 7) is 1.05. The molecule has 3 rings (SSSR count). The fourth-order valence-electron chi connectivity index (χ4n) is 1.90. The van der Waals surface area contributed by atoms with Gasteiger partial charge < -0.3 is 10.0 Å². The Morgan fingerprint density at radius 1 is 1.42 bits per heavy atom. The number of hydrogen-bond donors (Lipinski definition) is 1. The molecule has 0 aliphatic carbocycles. The van der Waals surface area contributed by atoms with E-state index in [1.807, 2.05) is 11.4 Å². The first-order chi connectivity index (χ1) is 9.15. The summed E-state index contributed by atoms with van der Waals surface area (Å²) in [6.07, 6.45) is 1.39. The second-order valence-corrected chi connectivity index (χ2v) is 5.18. The van der Waals surface area contributed by atoms with E-state index >= 15 is 0 Å². The molecule has 1 fully saturated rings. The summed E-state index contributed by atoms with van der Waals surface area (Å²) in [7, 11) is 0. The summed E-state index contributed by atoms with van der Waals surface area (Å²) in [4.78, 5) is 25.1. The topological polar surface area (TPSA) is 88.3 Å². The van der Waals surface area contributed by atoms with Crippen LogP contribution in [0.2, 0.25) is 0 Å². The van der Waals surface area contributed by atoms with Crippen LogP contribution in [0.5, 0.6) is 0 Å². The monoisotopic (exact) mass is 278 g/mol. The number of aromatic nitrogens is 3. The molecule has 1 N–H and O–H groups in total. The Morgan fingerprint density at radius 3 is 2.79 bits per heavy atom. The zero-order chi connectivity index (χ0) is 13.4. The minimum atomic E-state index is -1.10. The number of carbonyl (C=O) groups is 2. The van der Waals surface area contributed by atoms with Crippen LogP contribution in [0.3, 0.4) is 0 Å². The molecule has 1 aliphatic rings. The highest BCUT2D eigenvalue weighted by atomic mass is 32.1. The minimum Gasteiger partial charge on any atom is -0.476 e. The first-order valence-corrected chi connectivity index (χ1v) is 6.51. The van der Waals surface area contributed by atoms with Crippen molar-refractivity contribution >= 4 is 23.2 Å². The Kier molecular flexibility index (Phi) is 2.79. The summed E-state index contributed by atoms with van der Waals surface area (Å²) in [5.41, 5.74) is -0.0805. The number of rotatable bonds is 3. The molecular formula is C11H10N4O3S. The lowest BCUT2D eigenvalue weighted by atomic mass is 10.1. The first kappa shape index (κ1) is 11.8. The summed E-state index contributed by atoms with van der Waals surface area (Å²) in [5.74, 6) is -1.10. The number of amides is 1. The van der Waals surface area contributed by atoms with E-state index in [9.17, 15) is 9.59 Å². The van der Waals surface area contributed by atoms with Gasteiger partial charge in [-0.25, -0.2) is 9.48 Å². The van der Waals surface area contributed by atoms with E-state index in [4.69, 9.17) is 5.11 Å². The maximum atomic E-state index is 12.0. The molecule has 98 valence electrons. The third-order valence-corrected chi connectivity index (χ3v) is 3.84. The number of nitrogens with zero attached hydrogens (tertiary/aromatic N) is 4. The predicted molar refractivity (Wildman–Crippen MR) is 66.2 cm³/mol. The minimum absolute atomic E-state index is 0.00418.